The average molecular weight is 465 g/mol. The SMILES string of the molecule is CCC(C)(C)c1ccc(N(CCO)C(=O)CC(O)C(=O)Nc2ccc3c(N)nccc3c2)cc1. The molecule has 0 aliphatic carbocycles. The fourth-order valence-corrected chi connectivity index (χ4v) is 3.67. The smallest absolute Gasteiger partial charge is 0.253 e. The van der Waals surface area contributed by atoms with Gasteiger partial charge in [-0.15, -0.1) is 0 Å². The van der Waals surface area contributed by atoms with Gasteiger partial charge >= 0.3 is 0 Å². The number of hydrogen-bond donors (Lipinski definition) is 4. The molecule has 1 aromatic heterocycles. The third-order valence-electron chi connectivity index (χ3n) is 6.20. The van der Waals surface area contributed by atoms with Crippen LogP contribution in [0.5, 0.6) is 0 Å². The average Bonchev–Trinajstić information content (AvgIpc) is 2.82. The Morgan fingerprint density at radius 1 is 1.15 bits per heavy atom. The summed E-state index contributed by atoms with van der Waals surface area (Å²) >= 11 is 0. The normalized spacial score (nSPS) is 12.4. The number of amides is 2. The van der Waals surface area contributed by atoms with Crippen LogP contribution in [-0.2, 0) is 15.0 Å². The fourth-order valence-electron chi connectivity index (χ4n) is 3.67. The van der Waals surface area contributed by atoms with E-state index in [0.717, 1.165) is 22.8 Å². The van der Waals surface area contributed by atoms with Gasteiger partial charge in [0.2, 0.25) is 5.91 Å². The number of aliphatic hydroxyl groups is 2. The molecular formula is C26H32N4O4. The van der Waals surface area contributed by atoms with Crippen molar-refractivity contribution in [2.45, 2.75) is 45.1 Å². The summed E-state index contributed by atoms with van der Waals surface area (Å²) in [5.41, 5.74) is 8.06. The number of nitrogen functional groups attached to an aromatic ring is 1. The Bertz CT molecular complexity index is 1160. The number of aliphatic hydroxyl groups excluding tert-OH is 2. The van der Waals surface area contributed by atoms with Crippen molar-refractivity contribution >= 4 is 39.8 Å². The van der Waals surface area contributed by atoms with Gasteiger partial charge in [-0.2, -0.15) is 0 Å². The van der Waals surface area contributed by atoms with Crippen molar-refractivity contribution in [2.24, 2.45) is 0 Å². The lowest BCUT2D eigenvalue weighted by atomic mass is 9.82. The van der Waals surface area contributed by atoms with Crippen LogP contribution in [0.25, 0.3) is 10.8 Å². The van der Waals surface area contributed by atoms with E-state index < -0.39 is 24.3 Å². The van der Waals surface area contributed by atoms with E-state index in [9.17, 15) is 19.8 Å². The number of carbonyl (C=O) groups is 2. The Labute approximate surface area is 199 Å². The Kier molecular flexibility index (Phi) is 7.86. The quantitative estimate of drug-likeness (QED) is 0.385. The Morgan fingerprint density at radius 2 is 1.85 bits per heavy atom. The van der Waals surface area contributed by atoms with Crippen LogP contribution < -0.4 is 16.0 Å². The lowest BCUT2D eigenvalue weighted by Crippen LogP contribution is -2.39. The minimum absolute atomic E-state index is 0.00360. The molecule has 2 amide bonds. The maximum Gasteiger partial charge on any atom is 0.253 e. The number of carbonyl (C=O) groups excluding carboxylic acids is 2. The molecule has 0 spiro atoms. The minimum Gasteiger partial charge on any atom is -0.395 e. The molecule has 1 atom stereocenters. The lowest BCUT2D eigenvalue weighted by molar-refractivity contribution is -0.129. The molecule has 8 nitrogen and oxygen atoms in total. The molecule has 1 unspecified atom stereocenters. The van der Waals surface area contributed by atoms with Crippen molar-refractivity contribution in [3.8, 4) is 0 Å². The standard InChI is InChI=1S/C26H32N4O4/c1-4-26(2,3)18-5-8-20(9-6-18)30(13-14-31)23(33)16-22(32)25(34)29-19-7-10-21-17(15-19)11-12-28-24(21)27/h5-12,15,22,31-32H,4,13-14,16H2,1-3H3,(H2,27,28)(H,29,34). The molecule has 0 fully saturated rings. The van der Waals surface area contributed by atoms with E-state index in [1.807, 2.05) is 24.3 Å². The highest BCUT2D eigenvalue weighted by Crippen LogP contribution is 2.29. The molecular weight excluding hydrogens is 432 g/mol. The summed E-state index contributed by atoms with van der Waals surface area (Å²) in [7, 11) is 0. The Hall–Kier alpha value is -3.49. The van der Waals surface area contributed by atoms with Gasteiger partial charge in [-0.3, -0.25) is 9.59 Å². The zero-order valence-corrected chi connectivity index (χ0v) is 19.8. The van der Waals surface area contributed by atoms with E-state index in [1.54, 1.807) is 30.5 Å². The fraction of sp³-hybridized carbons (Fsp3) is 0.346. The molecule has 34 heavy (non-hydrogen) atoms. The van der Waals surface area contributed by atoms with Gasteiger partial charge in [0.1, 0.15) is 11.9 Å². The van der Waals surface area contributed by atoms with Crippen molar-refractivity contribution in [1.82, 2.24) is 4.98 Å². The topological polar surface area (TPSA) is 129 Å². The molecule has 2 aromatic carbocycles. The molecule has 0 bridgehead atoms. The highest BCUT2D eigenvalue weighted by atomic mass is 16.3. The van der Waals surface area contributed by atoms with Crippen LogP contribution in [-0.4, -0.2) is 46.3 Å². The maximum atomic E-state index is 12.9. The van der Waals surface area contributed by atoms with Crippen LogP contribution in [0, 0.1) is 0 Å². The van der Waals surface area contributed by atoms with Crippen LogP contribution in [0.2, 0.25) is 0 Å². The number of pyridine rings is 1. The van der Waals surface area contributed by atoms with Gasteiger partial charge in [0.15, 0.2) is 0 Å². The molecule has 0 saturated heterocycles. The summed E-state index contributed by atoms with van der Waals surface area (Å²) in [5, 5.41) is 24.0. The van der Waals surface area contributed by atoms with Gasteiger partial charge in [0.05, 0.1) is 13.0 Å². The molecule has 0 aliphatic rings. The number of hydrogen-bond acceptors (Lipinski definition) is 6. The zero-order valence-electron chi connectivity index (χ0n) is 19.8. The largest absolute Gasteiger partial charge is 0.395 e. The predicted molar refractivity (Wildman–Crippen MR) is 135 cm³/mol. The lowest BCUT2D eigenvalue weighted by Gasteiger charge is -2.26. The summed E-state index contributed by atoms with van der Waals surface area (Å²) in [4.78, 5) is 30.8. The highest BCUT2D eigenvalue weighted by Gasteiger charge is 2.25. The third-order valence-corrected chi connectivity index (χ3v) is 6.20. The monoisotopic (exact) mass is 464 g/mol. The highest BCUT2D eigenvalue weighted by molar-refractivity contribution is 6.02. The molecule has 180 valence electrons. The second-order valence-corrected chi connectivity index (χ2v) is 8.89. The van der Waals surface area contributed by atoms with Crippen molar-refractivity contribution in [2.75, 3.05) is 29.1 Å². The van der Waals surface area contributed by atoms with Crippen LogP contribution >= 0.6 is 0 Å². The van der Waals surface area contributed by atoms with Gasteiger partial charge < -0.3 is 26.2 Å². The van der Waals surface area contributed by atoms with Crippen LogP contribution in [0.1, 0.15) is 39.2 Å². The first-order valence-corrected chi connectivity index (χ1v) is 11.3. The summed E-state index contributed by atoms with van der Waals surface area (Å²) in [5.74, 6) is -0.772. The second kappa shape index (κ2) is 10.6. The van der Waals surface area contributed by atoms with E-state index in [2.05, 4.69) is 31.1 Å². The molecule has 8 heteroatoms. The maximum absolute atomic E-state index is 12.9. The van der Waals surface area contributed by atoms with Crippen molar-refractivity contribution in [1.29, 1.82) is 0 Å². The van der Waals surface area contributed by atoms with Crippen LogP contribution in [0.4, 0.5) is 17.2 Å². The predicted octanol–water partition coefficient (Wildman–Crippen LogP) is 3.22. The summed E-state index contributed by atoms with van der Waals surface area (Å²) in [6.45, 7) is 6.23. The van der Waals surface area contributed by atoms with E-state index in [-0.39, 0.29) is 18.6 Å². The number of nitrogens with two attached hydrogens (primary N) is 1. The first kappa shape index (κ1) is 25.1. The summed E-state index contributed by atoms with van der Waals surface area (Å²) in [6, 6.07) is 14.4. The van der Waals surface area contributed by atoms with Crippen molar-refractivity contribution in [3.05, 3.63) is 60.3 Å². The summed E-state index contributed by atoms with van der Waals surface area (Å²) in [6.07, 6.45) is 0.569. The number of nitrogens with zero attached hydrogens (tertiary/aromatic N) is 2. The van der Waals surface area contributed by atoms with Gasteiger partial charge in [-0.1, -0.05) is 32.9 Å². The van der Waals surface area contributed by atoms with E-state index in [0.29, 0.717) is 17.2 Å². The van der Waals surface area contributed by atoms with Gasteiger partial charge in [0.25, 0.3) is 5.91 Å². The van der Waals surface area contributed by atoms with E-state index in [1.165, 1.54) is 4.90 Å². The number of aromatic nitrogens is 1. The molecule has 0 aliphatic heterocycles. The third kappa shape index (κ3) is 5.70. The molecule has 0 radical (unpaired) electrons. The van der Waals surface area contributed by atoms with Crippen LogP contribution in [0.3, 0.4) is 0 Å². The van der Waals surface area contributed by atoms with Gasteiger partial charge in [0, 0.05) is 29.5 Å². The molecule has 1 heterocycles. The number of benzene rings is 2. The molecule has 0 saturated carbocycles. The molecule has 3 rings (SSSR count). The first-order valence-electron chi connectivity index (χ1n) is 11.3. The van der Waals surface area contributed by atoms with Crippen molar-refractivity contribution < 1.29 is 19.8 Å². The second-order valence-electron chi connectivity index (χ2n) is 8.89. The Morgan fingerprint density at radius 3 is 2.50 bits per heavy atom. The minimum atomic E-state index is -1.55. The van der Waals surface area contributed by atoms with Crippen molar-refractivity contribution in [3.63, 3.8) is 0 Å². The van der Waals surface area contributed by atoms with E-state index >= 15 is 0 Å². The van der Waals surface area contributed by atoms with Gasteiger partial charge in [-0.05, 0) is 59.2 Å². The molecule has 5 N–H and O–H groups in total. The Balaban J connectivity index is 1.68. The number of anilines is 3. The number of rotatable bonds is 9. The van der Waals surface area contributed by atoms with Crippen LogP contribution in [0.15, 0.2) is 54.7 Å². The van der Waals surface area contributed by atoms with Gasteiger partial charge in [-0.25, -0.2) is 4.98 Å². The first-order chi connectivity index (χ1) is 16.2. The summed E-state index contributed by atoms with van der Waals surface area (Å²) < 4.78 is 0. The number of nitrogens with one attached hydrogen (secondary N) is 1. The number of fused-ring (bicyclic) bond motifs is 1. The molecule has 3 aromatic rings. The zero-order chi connectivity index (χ0) is 24.9. The van der Waals surface area contributed by atoms with E-state index in [4.69, 9.17) is 5.73 Å².